The minimum absolute atomic E-state index is 0.353. The summed E-state index contributed by atoms with van der Waals surface area (Å²) in [5.41, 5.74) is 1.19. The molecule has 3 rings (SSSR count). The Bertz CT molecular complexity index is 730. The topological polar surface area (TPSA) is 82.8 Å². The lowest BCUT2D eigenvalue weighted by Crippen LogP contribution is -2.32. The fourth-order valence-corrected chi connectivity index (χ4v) is 3.36. The molecule has 8 heteroatoms. The van der Waals surface area contributed by atoms with Crippen molar-refractivity contribution in [3.63, 3.8) is 0 Å². The average molecular weight is 409 g/mol. The molecule has 0 bridgehead atoms. The second-order valence-electron chi connectivity index (χ2n) is 5.08. The van der Waals surface area contributed by atoms with Gasteiger partial charge < -0.3 is 20.1 Å². The van der Waals surface area contributed by atoms with Crippen LogP contribution in [0.15, 0.2) is 22.8 Å². The van der Waals surface area contributed by atoms with E-state index in [1.807, 2.05) is 0 Å². The summed E-state index contributed by atoms with van der Waals surface area (Å²) in [5, 5.41) is 30.7. The van der Waals surface area contributed by atoms with E-state index in [0.717, 1.165) is 0 Å². The summed E-state index contributed by atoms with van der Waals surface area (Å²) in [6.45, 7) is -0.383. The first-order valence-electron chi connectivity index (χ1n) is 6.50. The molecule has 1 fully saturated rings. The maximum Gasteiger partial charge on any atom is 0.113 e. The Morgan fingerprint density at radius 1 is 1.14 bits per heavy atom. The fourth-order valence-electron chi connectivity index (χ4n) is 2.61. The van der Waals surface area contributed by atoms with Crippen LogP contribution >= 0.6 is 39.1 Å². The molecule has 0 radical (unpaired) electrons. The number of nitrogens with zero attached hydrogens (tertiary/aromatic N) is 1. The molecule has 0 saturated carbocycles. The SMILES string of the molecule is OCC1OC(c2cc(Br)nc3cc(Cl)c(Cl)cc23)C(O)C1O. The normalized spacial score (nSPS) is 28.5. The minimum Gasteiger partial charge on any atom is -0.394 e. The maximum absolute atomic E-state index is 10.2. The molecule has 1 aliphatic heterocycles. The van der Waals surface area contributed by atoms with Crippen LogP contribution in [0.2, 0.25) is 10.0 Å². The van der Waals surface area contributed by atoms with E-state index in [0.29, 0.717) is 31.1 Å². The summed E-state index contributed by atoms with van der Waals surface area (Å²) < 4.78 is 6.11. The van der Waals surface area contributed by atoms with Crippen molar-refractivity contribution in [2.75, 3.05) is 6.61 Å². The monoisotopic (exact) mass is 407 g/mol. The highest BCUT2D eigenvalue weighted by atomic mass is 79.9. The summed E-state index contributed by atoms with van der Waals surface area (Å²) in [6, 6.07) is 4.95. The van der Waals surface area contributed by atoms with Crippen LogP contribution in [0.4, 0.5) is 0 Å². The van der Waals surface area contributed by atoms with Gasteiger partial charge in [-0.2, -0.15) is 0 Å². The van der Waals surface area contributed by atoms with Crippen molar-refractivity contribution in [1.82, 2.24) is 4.98 Å². The average Bonchev–Trinajstić information content (AvgIpc) is 2.76. The van der Waals surface area contributed by atoms with Crippen molar-refractivity contribution < 1.29 is 20.1 Å². The van der Waals surface area contributed by atoms with E-state index in [2.05, 4.69) is 20.9 Å². The summed E-state index contributed by atoms with van der Waals surface area (Å²) >= 11 is 15.4. The van der Waals surface area contributed by atoms with Gasteiger partial charge in [0.2, 0.25) is 0 Å². The van der Waals surface area contributed by atoms with Crippen LogP contribution < -0.4 is 0 Å². The first-order chi connectivity index (χ1) is 10.4. The van der Waals surface area contributed by atoms with Gasteiger partial charge in [-0.25, -0.2) is 4.98 Å². The molecule has 0 spiro atoms. The fraction of sp³-hybridized carbons (Fsp3) is 0.357. The lowest BCUT2D eigenvalue weighted by atomic mass is 9.98. The Kier molecular flexibility index (Phi) is 4.62. The van der Waals surface area contributed by atoms with Crippen molar-refractivity contribution in [1.29, 1.82) is 0 Å². The van der Waals surface area contributed by atoms with Gasteiger partial charge in [0.05, 0.1) is 22.2 Å². The zero-order valence-electron chi connectivity index (χ0n) is 11.1. The van der Waals surface area contributed by atoms with Crippen molar-refractivity contribution in [3.05, 3.63) is 38.4 Å². The summed E-state index contributed by atoms with van der Waals surface area (Å²) in [7, 11) is 0. The van der Waals surface area contributed by atoms with E-state index in [1.54, 1.807) is 18.2 Å². The second kappa shape index (κ2) is 6.20. The summed E-state index contributed by atoms with van der Waals surface area (Å²) in [5.74, 6) is 0. The van der Waals surface area contributed by atoms with E-state index in [-0.39, 0.29) is 6.61 Å². The van der Waals surface area contributed by atoms with Crippen LogP contribution in [0.25, 0.3) is 10.9 Å². The van der Waals surface area contributed by atoms with Gasteiger partial charge in [0, 0.05) is 5.39 Å². The van der Waals surface area contributed by atoms with E-state index in [9.17, 15) is 15.3 Å². The predicted octanol–water partition coefficient (Wildman–Crippen LogP) is 2.46. The molecule has 0 aliphatic carbocycles. The number of aromatic nitrogens is 1. The summed E-state index contributed by atoms with van der Waals surface area (Å²) in [4.78, 5) is 4.32. The third kappa shape index (κ3) is 2.73. The van der Waals surface area contributed by atoms with Crippen LogP contribution in [-0.4, -0.2) is 45.2 Å². The highest BCUT2D eigenvalue weighted by Crippen LogP contribution is 2.39. The molecule has 1 aliphatic rings. The molecule has 2 heterocycles. The van der Waals surface area contributed by atoms with E-state index in [4.69, 9.17) is 27.9 Å². The largest absolute Gasteiger partial charge is 0.394 e. The van der Waals surface area contributed by atoms with Gasteiger partial charge in [0.15, 0.2) is 0 Å². The number of pyridine rings is 1. The highest BCUT2D eigenvalue weighted by molar-refractivity contribution is 9.10. The Labute approximate surface area is 144 Å². The second-order valence-corrected chi connectivity index (χ2v) is 6.70. The number of halogens is 3. The molecule has 4 unspecified atom stereocenters. The smallest absolute Gasteiger partial charge is 0.113 e. The molecule has 22 heavy (non-hydrogen) atoms. The molecule has 1 saturated heterocycles. The van der Waals surface area contributed by atoms with Crippen molar-refractivity contribution in [2.24, 2.45) is 0 Å². The molecule has 0 amide bonds. The number of ether oxygens (including phenoxy) is 1. The van der Waals surface area contributed by atoms with Crippen molar-refractivity contribution in [2.45, 2.75) is 24.4 Å². The number of fused-ring (bicyclic) bond motifs is 1. The molecular weight excluding hydrogens is 397 g/mol. The van der Waals surface area contributed by atoms with Crippen LogP contribution in [0.1, 0.15) is 11.7 Å². The molecule has 5 nitrogen and oxygen atoms in total. The van der Waals surface area contributed by atoms with Gasteiger partial charge in [-0.15, -0.1) is 0 Å². The van der Waals surface area contributed by atoms with Gasteiger partial charge >= 0.3 is 0 Å². The standard InChI is InChI=1S/C14H12BrCl2NO4/c15-11-2-6(14-13(21)12(20)10(4-19)22-14)5-1-7(16)8(17)3-9(5)18-11/h1-3,10,12-14,19-21H,4H2. The van der Waals surface area contributed by atoms with Crippen molar-refractivity contribution in [3.8, 4) is 0 Å². The number of aliphatic hydroxyl groups is 3. The molecule has 4 atom stereocenters. The number of aliphatic hydroxyl groups excluding tert-OH is 3. The van der Waals surface area contributed by atoms with Crippen LogP contribution in [0.5, 0.6) is 0 Å². The molecular formula is C14H12BrCl2NO4. The third-order valence-corrected chi connectivity index (χ3v) is 4.83. The quantitative estimate of drug-likeness (QED) is 0.665. The number of benzene rings is 1. The predicted molar refractivity (Wildman–Crippen MR) is 86.2 cm³/mol. The molecule has 1 aromatic heterocycles. The lowest BCUT2D eigenvalue weighted by molar-refractivity contribution is -0.0223. The van der Waals surface area contributed by atoms with Gasteiger partial charge in [0.25, 0.3) is 0 Å². The summed E-state index contributed by atoms with van der Waals surface area (Å²) in [6.07, 6.45) is -3.97. The van der Waals surface area contributed by atoms with E-state index in [1.165, 1.54) is 0 Å². The Morgan fingerprint density at radius 2 is 1.82 bits per heavy atom. The highest BCUT2D eigenvalue weighted by Gasteiger charge is 2.43. The van der Waals surface area contributed by atoms with Crippen LogP contribution in [0, 0.1) is 0 Å². The van der Waals surface area contributed by atoms with Crippen molar-refractivity contribution >= 4 is 50.0 Å². The Balaban J connectivity index is 2.16. The van der Waals surface area contributed by atoms with E-state index < -0.39 is 24.4 Å². The first kappa shape index (κ1) is 16.4. The van der Waals surface area contributed by atoms with Crippen LogP contribution in [-0.2, 0) is 4.74 Å². The minimum atomic E-state index is -1.17. The van der Waals surface area contributed by atoms with Gasteiger partial charge in [0.1, 0.15) is 29.0 Å². The molecule has 3 N–H and O–H groups in total. The molecule has 1 aromatic carbocycles. The Morgan fingerprint density at radius 3 is 2.45 bits per heavy atom. The van der Waals surface area contributed by atoms with Crippen LogP contribution in [0.3, 0.4) is 0 Å². The first-order valence-corrected chi connectivity index (χ1v) is 8.05. The van der Waals surface area contributed by atoms with Gasteiger partial charge in [-0.3, -0.25) is 0 Å². The zero-order chi connectivity index (χ0) is 16.0. The Hall–Kier alpha value is -0.470. The van der Waals surface area contributed by atoms with E-state index >= 15 is 0 Å². The molecule has 2 aromatic rings. The number of hydrogen-bond donors (Lipinski definition) is 3. The third-order valence-electron chi connectivity index (χ3n) is 3.70. The molecule has 118 valence electrons. The van der Waals surface area contributed by atoms with Gasteiger partial charge in [-0.05, 0) is 39.7 Å². The van der Waals surface area contributed by atoms with Gasteiger partial charge in [-0.1, -0.05) is 23.2 Å². The number of rotatable bonds is 2. The zero-order valence-corrected chi connectivity index (χ0v) is 14.2. The number of hydrogen-bond acceptors (Lipinski definition) is 5. The lowest BCUT2D eigenvalue weighted by Gasteiger charge is -2.18. The maximum atomic E-state index is 10.2.